The summed E-state index contributed by atoms with van der Waals surface area (Å²) in [7, 11) is 0. The zero-order chi connectivity index (χ0) is 15.9. The lowest BCUT2D eigenvalue weighted by Crippen LogP contribution is -2.06. The number of carboxylic acid groups (broad SMARTS) is 1. The van der Waals surface area contributed by atoms with Gasteiger partial charge in [-0.1, -0.05) is 37.6 Å². The zero-order valence-electron chi connectivity index (χ0n) is 12.4. The van der Waals surface area contributed by atoms with Gasteiger partial charge in [0.05, 0.1) is 17.7 Å². The minimum Gasteiger partial charge on any atom is -0.478 e. The van der Waals surface area contributed by atoms with E-state index in [4.69, 9.17) is 9.84 Å². The molecule has 2 rings (SSSR count). The van der Waals surface area contributed by atoms with E-state index in [1.54, 1.807) is 30.3 Å². The maximum absolute atomic E-state index is 12.0. The molecule has 0 spiro atoms. The molecule has 0 aromatic heterocycles. The molecule has 4 nitrogen and oxygen atoms in total. The van der Waals surface area contributed by atoms with E-state index in [9.17, 15) is 9.59 Å². The molecule has 0 bridgehead atoms. The van der Waals surface area contributed by atoms with Gasteiger partial charge in [0.25, 0.3) is 0 Å². The molecule has 0 unspecified atom stereocenters. The molecular formula is C18H18O4. The number of aromatic carboxylic acids is 1. The number of carbonyl (C=O) groups is 2. The van der Waals surface area contributed by atoms with Crippen molar-refractivity contribution in [2.45, 2.75) is 19.8 Å². The van der Waals surface area contributed by atoms with Crippen molar-refractivity contribution in [2.24, 2.45) is 0 Å². The van der Waals surface area contributed by atoms with Crippen LogP contribution in [0.5, 0.6) is 0 Å². The number of carboxylic acids is 1. The summed E-state index contributed by atoms with van der Waals surface area (Å²) in [6.07, 6.45) is 1.81. The van der Waals surface area contributed by atoms with Crippen LogP contribution in [0, 0.1) is 0 Å². The lowest BCUT2D eigenvalue weighted by atomic mass is 10.0. The maximum Gasteiger partial charge on any atom is 0.338 e. The lowest BCUT2D eigenvalue weighted by Gasteiger charge is -2.07. The smallest absolute Gasteiger partial charge is 0.338 e. The van der Waals surface area contributed by atoms with Crippen LogP contribution < -0.4 is 0 Å². The van der Waals surface area contributed by atoms with Gasteiger partial charge in [0.15, 0.2) is 0 Å². The summed E-state index contributed by atoms with van der Waals surface area (Å²) in [5, 5.41) is 9.05. The van der Waals surface area contributed by atoms with Gasteiger partial charge >= 0.3 is 11.9 Å². The fraction of sp³-hybridized carbons (Fsp3) is 0.222. The first-order chi connectivity index (χ1) is 10.6. The van der Waals surface area contributed by atoms with Gasteiger partial charge in [-0.05, 0) is 41.8 Å². The highest BCUT2D eigenvalue weighted by atomic mass is 16.5. The van der Waals surface area contributed by atoms with E-state index in [0.29, 0.717) is 12.2 Å². The number of unbranched alkanes of at least 4 members (excludes halogenated alkanes) is 1. The van der Waals surface area contributed by atoms with Crippen molar-refractivity contribution in [1.82, 2.24) is 0 Å². The standard InChI is InChI=1S/C18H18O4/c1-2-3-10-22-18(21)16-9-5-7-14(12-16)13-6-4-8-15(11-13)17(19)20/h4-9,11-12H,2-3,10H2,1H3,(H,19,20). The van der Waals surface area contributed by atoms with Gasteiger partial charge in [-0.2, -0.15) is 0 Å². The van der Waals surface area contributed by atoms with E-state index in [2.05, 4.69) is 0 Å². The Bertz CT molecular complexity index is 676. The van der Waals surface area contributed by atoms with Gasteiger partial charge in [-0.25, -0.2) is 9.59 Å². The van der Waals surface area contributed by atoms with E-state index in [1.807, 2.05) is 19.1 Å². The number of benzene rings is 2. The summed E-state index contributed by atoms with van der Waals surface area (Å²) in [6.45, 7) is 2.44. The van der Waals surface area contributed by atoms with E-state index in [1.165, 1.54) is 6.07 Å². The van der Waals surface area contributed by atoms with E-state index >= 15 is 0 Å². The van der Waals surface area contributed by atoms with Gasteiger partial charge in [-0.15, -0.1) is 0 Å². The zero-order valence-corrected chi connectivity index (χ0v) is 12.4. The lowest BCUT2D eigenvalue weighted by molar-refractivity contribution is 0.0499. The summed E-state index contributed by atoms with van der Waals surface area (Å²) in [5.41, 5.74) is 2.22. The summed E-state index contributed by atoms with van der Waals surface area (Å²) >= 11 is 0. The van der Waals surface area contributed by atoms with Crippen molar-refractivity contribution in [3.8, 4) is 11.1 Å². The van der Waals surface area contributed by atoms with Crippen molar-refractivity contribution >= 4 is 11.9 Å². The van der Waals surface area contributed by atoms with Crippen molar-refractivity contribution in [2.75, 3.05) is 6.61 Å². The van der Waals surface area contributed by atoms with E-state index in [-0.39, 0.29) is 11.5 Å². The van der Waals surface area contributed by atoms with Gasteiger partial charge in [0, 0.05) is 0 Å². The van der Waals surface area contributed by atoms with Gasteiger partial charge in [0.2, 0.25) is 0 Å². The van der Waals surface area contributed by atoms with Crippen LogP contribution in [0.25, 0.3) is 11.1 Å². The van der Waals surface area contributed by atoms with Crippen LogP contribution in [-0.4, -0.2) is 23.7 Å². The van der Waals surface area contributed by atoms with Crippen molar-refractivity contribution in [3.05, 3.63) is 59.7 Å². The fourth-order valence-corrected chi connectivity index (χ4v) is 2.05. The minimum absolute atomic E-state index is 0.216. The van der Waals surface area contributed by atoms with Crippen LogP contribution in [0.1, 0.15) is 40.5 Å². The summed E-state index contributed by atoms with van der Waals surface area (Å²) in [6, 6.07) is 13.6. The van der Waals surface area contributed by atoms with Crippen LogP contribution in [0.2, 0.25) is 0 Å². The average molecular weight is 298 g/mol. The summed E-state index contributed by atoms with van der Waals surface area (Å²) in [4.78, 5) is 23.0. The number of hydrogen-bond donors (Lipinski definition) is 1. The second-order valence-corrected chi connectivity index (χ2v) is 4.96. The number of ether oxygens (including phenoxy) is 1. The minimum atomic E-state index is -0.975. The summed E-state index contributed by atoms with van der Waals surface area (Å²) in [5.74, 6) is -1.33. The van der Waals surface area contributed by atoms with Crippen molar-refractivity contribution in [3.63, 3.8) is 0 Å². The van der Waals surface area contributed by atoms with Gasteiger partial charge < -0.3 is 9.84 Å². The fourth-order valence-electron chi connectivity index (χ4n) is 2.05. The second-order valence-electron chi connectivity index (χ2n) is 4.96. The molecule has 22 heavy (non-hydrogen) atoms. The second kappa shape index (κ2) is 7.41. The van der Waals surface area contributed by atoms with Crippen LogP contribution in [0.15, 0.2) is 48.5 Å². The number of esters is 1. The molecule has 0 aliphatic carbocycles. The quantitative estimate of drug-likeness (QED) is 0.646. The SMILES string of the molecule is CCCCOC(=O)c1cccc(-c2cccc(C(=O)O)c2)c1. The third-order valence-electron chi connectivity index (χ3n) is 3.27. The molecule has 0 saturated heterocycles. The highest BCUT2D eigenvalue weighted by molar-refractivity contribution is 5.92. The molecule has 114 valence electrons. The first kappa shape index (κ1) is 15.8. The number of hydrogen-bond acceptors (Lipinski definition) is 3. The van der Waals surface area contributed by atoms with Gasteiger partial charge in [-0.3, -0.25) is 0 Å². The number of carbonyl (C=O) groups excluding carboxylic acids is 1. The normalized spacial score (nSPS) is 10.2. The monoisotopic (exact) mass is 298 g/mol. The molecule has 0 atom stereocenters. The van der Waals surface area contributed by atoms with E-state index < -0.39 is 5.97 Å². The Morgan fingerprint density at radius 3 is 2.18 bits per heavy atom. The Morgan fingerprint density at radius 1 is 1.00 bits per heavy atom. The first-order valence-corrected chi connectivity index (χ1v) is 7.22. The molecule has 0 aliphatic rings. The highest BCUT2D eigenvalue weighted by Gasteiger charge is 2.09. The van der Waals surface area contributed by atoms with Crippen molar-refractivity contribution in [1.29, 1.82) is 0 Å². The molecule has 0 fully saturated rings. The molecule has 0 amide bonds. The first-order valence-electron chi connectivity index (χ1n) is 7.22. The Labute approximate surface area is 129 Å². The van der Waals surface area contributed by atoms with Crippen LogP contribution >= 0.6 is 0 Å². The molecule has 0 aliphatic heterocycles. The van der Waals surface area contributed by atoms with Gasteiger partial charge in [0.1, 0.15) is 0 Å². The predicted octanol–water partition coefficient (Wildman–Crippen LogP) is 4.01. The molecule has 1 N–H and O–H groups in total. The summed E-state index contributed by atoms with van der Waals surface area (Å²) < 4.78 is 5.19. The maximum atomic E-state index is 12.0. The van der Waals surface area contributed by atoms with E-state index in [0.717, 1.165) is 24.0 Å². The molecule has 0 radical (unpaired) electrons. The molecule has 2 aromatic rings. The highest BCUT2D eigenvalue weighted by Crippen LogP contribution is 2.22. The van der Waals surface area contributed by atoms with Crippen LogP contribution in [-0.2, 0) is 4.74 Å². The van der Waals surface area contributed by atoms with Crippen LogP contribution in [0.4, 0.5) is 0 Å². The largest absolute Gasteiger partial charge is 0.478 e. The molecule has 2 aromatic carbocycles. The predicted molar refractivity (Wildman–Crippen MR) is 84.0 cm³/mol. The molecule has 0 heterocycles. The Hall–Kier alpha value is -2.62. The van der Waals surface area contributed by atoms with Crippen molar-refractivity contribution < 1.29 is 19.4 Å². The number of rotatable bonds is 6. The third-order valence-corrected chi connectivity index (χ3v) is 3.27. The average Bonchev–Trinajstić information content (AvgIpc) is 2.55. The molecular weight excluding hydrogens is 280 g/mol. The topological polar surface area (TPSA) is 63.6 Å². The Kier molecular flexibility index (Phi) is 5.31. The third kappa shape index (κ3) is 3.95. The molecule has 0 saturated carbocycles. The molecule has 4 heteroatoms. The van der Waals surface area contributed by atoms with Crippen LogP contribution in [0.3, 0.4) is 0 Å². The Balaban J connectivity index is 2.23. The Morgan fingerprint density at radius 2 is 1.59 bits per heavy atom.